The Balaban J connectivity index is 2.29. The molecule has 0 atom stereocenters. The first-order chi connectivity index (χ1) is 8.94. The molecule has 106 valence electrons. The number of rotatable bonds is 6. The number of hydrogen-bond donors (Lipinski definition) is 3. The number of thiophene rings is 1. The summed E-state index contributed by atoms with van der Waals surface area (Å²) >= 11 is 1.23. The fourth-order valence-corrected chi connectivity index (χ4v) is 4.62. The highest BCUT2D eigenvalue weighted by molar-refractivity contribution is 7.91. The van der Waals surface area contributed by atoms with Crippen LogP contribution in [0.4, 0.5) is 5.00 Å². The first-order valence-electron chi connectivity index (χ1n) is 6.10. The Morgan fingerprint density at radius 1 is 1.42 bits per heavy atom. The predicted octanol–water partition coefficient (Wildman–Crippen LogP) is 1.59. The van der Waals surface area contributed by atoms with Crippen molar-refractivity contribution in [3.05, 3.63) is 16.0 Å². The van der Waals surface area contributed by atoms with E-state index >= 15 is 0 Å². The van der Waals surface area contributed by atoms with Gasteiger partial charge in [0, 0.05) is 11.4 Å². The van der Waals surface area contributed by atoms with E-state index in [2.05, 4.69) is 9.44 Å². The Bertz CT molecular complexity index is 592. The molecule has 1 aromatic rings. The van der Waals surface area contributed by atoms with Gasteiger partial charge in [0.1, 0.15) is 5.00 Å². The summed E-state index contributed by atoms with van der Waals surface area (Å²) in [6.07, 6.45) is 3.14. The summed E-state index contributed by atoms with van der Waals surface area (Å²) in [4.78, 5) is 12.3. The second-order valence-electron chi connectivity index (χ2n) is 4.37. The number of carbonyl (C=O) groups is 1. The lowest BCUT2D eigenvalue weighted by Gasteiger charge is -2.08. The molecule has 19 heavy (non-hydrogen) atoms. The topological polar surface area (TPSA) is 95.5 Å². The minimum atomic E-state index is -3.69. The molecule has 0 unspecified atom stereocenters. The number of carboxylic acids is 1. The van der Waals surface area contributed by atoms with Crippen LogP contribution in [-0.2, 0) is 23.1 Å². The molecule has 0 saturated heterocycles. The summed E-state index contributed by atoms with van der Waals surface area (Å²) < 4.78 is 28.2. The van der Waals surface area contributed by atoms with Crippen molar-refractivity contribution in [3.8, 4) is 0 Å². The molecule has 0 radical (unpaired) electrons. The summed E-state index contributed by atoms with van der Waals surface area (Å²) in [5.74, 6) is -1.08. The molecule has 0 fully saturated rings. The number of aromatic carboxylic acids is 1. The molecule has 0 saturated carbocycles. The Hall–Kier alpha value is -1.12. The van der Waals surface area contributed by atoms with Crippen molar-refractivity contribution in [2.75, 3.05) is 11.3 Å². The molecule has 2 rings (SSSR count). The van der Waals surface area contributed by atoms with Crippen LogP contribution in [0.5, 0.6) is 0 Å². The van der Waals surface area contributed by atoms with E-state index in [9.17, 15) is 18.3 Å². The Labute approximate surface area is 116 Å². The predicted molar refractivity (Wildman–Crippen MR) is 74.1 cm³/mol. The van der Waals surface area contributed by atoms with Gasteiger partial charge in [-0.25, -0.2) is 4.79 Å². The molecule has 0 amide bonds. The van der Waals surface area contributed by atoms with E-state index in [1.807, 2.05) is 6.92 Å². The van der Waals surface area contributed by atoms with Crippen LogP contribution < -0.4 is 9.44 Å². The molecule has 8 heteroatoms. The second-order valence-corrected chi connectivity index (χ2v) is 6.97. The van der Waals surface area contributed by atoms with Crippen molar-refractivity contribution in [1.29, 1.82) is 0 Å². The molecule has 0 spiro atoms. The number of fused-ring (bicyclic) bond motifs is 1. The van der Waals surface area contributed by atoms with Gasteiger partial charge in [0.15, 0.2) is 0 Å². The summed E-state index contributed by atoms with van der Waals surface area (Å²) in [7, 11) is -3.69. The quantitative estimate of drug-likeness (QED) is 0.743. The van der Waals surface area contributed by atoms with Gasteiger partial charge in [0.25, 0.3) is 10.2 Å². The van der Waals surface area contributed by atoms with Crippen LogP contribution in [-0.4, -0.2) is 26.0 Å². The average Bonchev–Trinajstić information content (AvgIpc) is 2.85. The van der Waals surface area contributed by atoms with E-state index in [4.69, 9.17) is 0 Å². The van der Waals surface area contributed by atoms with E-state index in [1.165, 1.54) is 11.3 Å². The van der Waals surface area contributed by atoms with Gasteiger partial charge in [0.05, 0.1) is 5.56 Å². The van der Waals surface area contributed by atoms with Gasteiger partial charge >= 0.3 is 5.97 Å². The molecular weight excluding hydrogens is 288 g/mol. The van der Waals surface area contributed by atoms with Gasteiger partial charge in [-0.05, 0) is 31.2 Å². The van der Waals surface area contributed by atoms with E-state index in [0.29, 0.717) is 19.4 Å². The second kappa shape index (κ2) is 5.48. The molecule has 1 heterocycles. The Morgan fingerprint density at radius 2 is 2.16 bits per heavy atom. The first-order valence-corrected chi connectivity index (χ1v) is 8.39. The fourth-order valence-electron chi connectivity index (χ4n) is 2.10. The number of aryl methyl sites for hydroxylation is 1. The highest BCUT2D eigenvalue weighted by atomic mass is 32.2. The Morgan fingerprint density at radius 3 is 2.79 bits per heavy atom. The van der Waals surface area contributed by atoms with Crippen LogP contribution in [0.1, 0.15) is 40.6 Å². The molecule has 0 bridgehead atoms. The van der Waals surface area contributed by atoms with Gasteiger partial charge in [-0.3, -0.25) is 4.72 Å². The highest BCUT2D eigenvalue weighted by Crippen LogP contribution is 2.39. The van der Waals surface area contributed by atoms with Gasteiger partial charge in [-0.2, -0.15) is 13.1 Å². The highest BCUT2D eigenvalue weighted by Gasteiger charge is 2.28. The summed E-state index contributed by atoms with van der Waals surface area (Å²) in [5.41, 5.74) is 0.894. The van der Waals surface area contributed by atoms with Crippen molar-refractivity contribution in [2.45, 2.75) is 32.6 Å². The molecule has 1 aromatic heterocycles. The third-order valence-corrected chi connectivity index (χ3v) is 5.30. The van der Waals surface area contributed by atoms with E-state index in [1.54, 1.807) is 0 Å². The third-order valence-electron chi connectivity index (χ3n) is 2.90. The molecule has 1 aliphatic carbocycles. The van der Waals surface area contributed by atoms with Crippen LogP contribution in [0.3, 0.4) is 0 Å². The van der Waals surface area contributed by atoms with Crippen LogP contribution in [0.25, 0.3) is 0 Å². The third kappa shape index (κ3) is 3.07. The molecule has 0 aliphatic heterocycles. The van der Waals surface area contributed by atoms with Gasteiger partial charge in [-0.1, -0.05) is 6.92 Å². The van der Waals surface area contributed by atoms with Crippen LogP contribution in [0, 0.1) is 0 Å². The normalized spacial score (nSPS) is 14.4. The smallest absolute Gasteiger partial charge is 0.339 e. The standard InChI is InChI=1S/C11H16N2O4S2/c1-2-6-12-19(16,17)13-10-9(11(14)15)7-4-3-5-8(7)18-10/h12-13H,2-6H2,1H3,(H,14,15). The molecule has 6 nitrogen and oxygen atoms in total. The van der Waals surface area contributed by atoms with E-state index < -0.39 is 16.2 Å². The monoisotopic (exact) mass is 304 g/mol. The maximum absolute atomic E-state index is 11.8. The first kappa shape index (κ1) is 14.3. The SMILES string of the molecule is CCCNS(=O)(=O)Nc1sc2c(c1C(=O)O)CCC2. The van der Waals surface area contributed by atoms with Crippen molar-refractivity contribution < 1.29 is 18.3 Å². The number of carboxylic acid groups (broad SMARTS) is 1. The molecule has 1 aliphatic rings. The average molecular weight is 304 g/mol. The lowest BCUT2D eigenvalue weighted by molar-refractivity contribution is 0.0697. The molecule has 3 N–H and O–H groups in total. The zero-order valence-corrected chi connectivity index (χ0v) is 12.2. The molecule has 0 aromatic carbocycles. The zero-order valence-electron chi connectivity index (χ0n) is 10.5. The summed E-state index contributed by atoms with van der Waals surface area (Å²) in [6.45, 7) is 2.17. The Kier molecular flexibility index (Phi) is 4.12. The van der Waals surface area contributed by atoms with Crippen molar-refractivity contribution in [3.63, 3.8) is 0 Å². The van der Waals surface area contributed by atoms with Gasteiger partial charge in [-0.15, -0.1) is 11.3 Å². The van der Waals surface area contributed by atoms with Crippen molar-refractivity contribution >= 4 is 32.5 Å². The van der Waals surface area contributed by atoms with Crippen molar-refractivity contribution in [2.24, 2.45) is 0 Å². The largest absolute Gasteiger partial charge is 0.478 e. The van der Waals surface area contributed by atoms with Gasteiger partial charge in [0.2, 0.25) is 0 Å². The summed E-state index contributed by atoms with van der Waals surface area (Å²) in [5, 5.41) is 9.45. The van der Waals surface area contributed by atoms with Crippen LogP contribution in [0.15, 0.2) is 0 Å². The van der Waals surface area contributed by atoms with E-state index in [-0.39, 0.29) is 10.6 Å². The van der Waals surface area contributed by atoms with E-state index in [0.717, 1.165) is 23.3 Å². The minimum absolute atomic E-state index is 0.111. The number of nitrogens with one attached hydrogen (secondary N) is 2. The fraction of sp³-hybridized carbons (Fsp3) is 0.545. The van der Waals surface area contributed by atoms with Crippen LogP contribution >= 0.6 is 11.3 Å². The maximum atomic E-state index is 11.8. The van der Waals surface area contributed by atoms with Crippen molar-refractivity contribution in [1.82, 2.24) is 4.72 Å². The molecular formula is C11H16N2O4S2. The minimum Gasteiger partial charge on any atom is -0.478 e. The zero-order chi connectivity index (χ0) is 14.0. The lowest BCUT2D eigenvalue weighted by Crippen LogP contribution is -2.30. The lowest BCUT2D eigenvalue weighted by atomic mass is 10.1. The number of hydrogen-bond acceptors (Lipinski definition) is 4. The van der Waals surface area contributed by atoms with Gasteiger partial charge < -0.3 is 5.11 Å². The number of anilines is 1. The summed E-state index contributed by atoms with van der Waals surface area (Å²) in [6, 6.07) is 0. The van der Waals surface area contributed by atoms with Crippen LogP contribution in [0.2, 0.25) is 0 Å². The maximum Gasteiger partial charge on any atom is 0.339 e.